The molecule has 0 aromatic heterocycles. The third kappa shape index (κ3) is 6.27. The Hall–Kier alpha value is -1.69. The number of allylic oxidation sites excluding steroid dienone is 1. The van der Waals surface area contributed by atoms with Gasteiger partial charge in [0.05, 0.1) is 27.7 Å². The van der Waals surface area contributed by atoms with E-state index < -0.39 is 0 Å². The lowest BCUT2D eigenvalue weighted by molar-refractivity contribution is 0.363. The maximum atomic E-state index is 6.04. The lowest BCUT2D eigenvalue weighted by Crippen LogP contribution is -1.98. The maximum Gasteiger partial charge on any atom is 0.140 e. The van der Waals surface area contributed by atoms with E-state index in [1.807, 2.05) is 18.2 Å². The molecule has 0 fully saturated rings. The number of ether oxygens (including phenoxy) is 2. The Kier molecular flexibility index (Phi) is 7.62. The molecule has 0 heterocycles. The van der Waals surface area contributed by atoms with Gasteiger partial charge in [-0.3, -0.25) is 4.99 Å². The molecule has 0 saturated carbocycles. The monoisotopic (exact) mass is 442 g/mol. The standard InChI is InChI=1S/C18H17BrCl2N2O2/c1-24-17-10-14(5-7-15(17)20)23-11-12(19)3-2-8-25-18-9-13(22)4-6-16(18)21/h2-7,9-12H,8,22H2,1H3/b3-2+,23-11?. The number of alkyl halides is 1. The van der Waals surface area contributed by atoms with Crippen LogP contribution in [0.5, 0.6) is 11.5 Å². The first-order valence-corrected chi connectivity index (χ1v) is 9.03. The smallest absolute Gasteiger partial charge is 0.140 e. The summed E-state index contributed by atoms with van der Waals surface area (Å²) in [5, 5.41) is 1.07. The molecule has 1 atom stereocenters. The van der Waals surface area contributed by atoms with Crippen molar-refractivity contribution in [2.45, 2.75) is 4.83 Å². The molecule has 1 unspecified atom stereocenters. The van der Waals surface area contributed by atoms with Gasteiger partial charge >= 0.3 is 0 Å². The fourth-order valence-corrected chi connectivity index (χ4v) is 2.59. The number of aliphatic imine (C=N–C) groups is 1. The first-order valence-electron chi connectivity index (χ1n) is 7.36. The van der Waals surface area contributed by atoms with Gasteiger partial charge in [0.25, 0.3) is 0 Å². The fourth-order valence-electron chi connectivity index (χ4n) is 1.89. The van der Waals surface area contributed by atoms with Gasteiger partial charge in [-0.05, 0) is 30.3 Å². The number of anilines is 1. The van der Waals surface area contributed by atoms with Crippen molar-refractivity contribution in [3.63, 3.8) is 0 Å². The van der Waals surface area contributed by atoms with E-state index >= 15 is 0 Å². The molecular weight excluding hydrogens is 427 g/mol. The molecule has 2 aromatic rings. The Morgan fingerprint density at radius 1 is 1.16 bits per heavy atom. The predicted octanol–water partition coefficient (Wildman–Crippen LogP) is 5.69. The second-order valence-corrected chi connectivity index (χ2v) is 6.84. The topological polar surface area (TPSA) is 56.8 Å². The number of halogens is 3. The van der Waals surface area contributed by atoms with Crippen molar-refractivity contribution in [3.8, 4) is 11.5 Å². The van der Waals surface area contributed by atoms with Crippen LogP contribution in [0.3, 0.4) is 0 Å². The number of hydrogen-bond acceptors (Lipinski definition) is 4. The average Bonchev–Trinajstić information content (AvgIpc) is 2.60. The summed E-state index contributed by atoms with van der Waals surface area (Å²) in [4.78, 5) is 4.33. The SMILES string of the molecule is COc1cc(N=CC(Br)/C=C/COc2cc(N)ccc2Cl)ccc1Cl. The zero-order valence-electron chi connectivity index (χ0n) is 13.5. The minimum absolute atomic E-state index is 0.0471. The van der Waals surface area contributed by atoms with Crippen LogP contribution in [0.1, 0.15) is 0 Å². The molecule has 7 heteroatoms. The van der Waals surface area contributed by atoms with Gasteiger partial charge in [0.1, 0.15) is 18.1 Å². The Balaban J connectivity index is 1.88. The Morgan fingerprint density at radius 2 is 1.88 bits per heavy atom. The molecular formula is C18H17BrCl2N2O2. The Bertz CT molecular complexity index is 782. The molecule has 2 aromatic carbocycles. The second-order valence-electron chi connectivity index (χ2n) is 4.97. The molecule has 0 radical (unpaired) electrons. The lowest BCUT2D eigenvalue weighted by atomic mass is 10.3. The molecule has 0 aliphatic rings. The van der Waals surface area contributed by atoms with Gasteiger partial charge in [0.15, 0.2) is 0 Å². The Morgan fingerprint density at radius 3 is 2.64 bits per heavy atom. The van der Waals surface area contributed by atoms with Crippen LogP contribution in [0, 0.1) is 0 Å². The van der Waals surface area contributed by atoms with Crippen LogP contribution in [0.15, 0.2) is 53.5 Å². The van der Waals surface area contributed by atoms with Crippen LogP contribution in [-0.2, 0) is 0 Å². The van der Waals surface area contributed by atoms with E-state index in [0.717, 1.165) is 5.69 Å². The molecule has 0 saturated heterocycles. The number of hydrogen-bond donors (Lipinski definition) is 1. The lowest BCUT2D eigenvalue weighted by Gasteiger charge is -2.06. The molecule has 2 rings (SSSR count). The van der Waals surface area contributed by atoms with Crippen LogP contribution in [0.25, 0.3) is 0 Å². The highest BCUT2D eigenvalue weighted by Crippen LogP contribution is 2.29. The molecule has 0 aliphatic carbocycles. The van der Waals surface area contributed by atoms with Gasteiger partial charge in [-0.2, -0.15) is 0 Å². The molecule has 0 spiro atoms. The van der Waals surface area contributed by atoms with Crippen molar-refractivity contribution in [1.82, 2.24) is 0 Å². The van der Waals surface area contributed by atoms with E-state index in [9.17, 15) is 0 Å². The van der Waals surface area contributed by atoms with Crippen LogP contribution in [0.2, 0.25) is 10.0 Å². The van der Waals surface area contributed by atoms with Crippen LogP contribution in [-0.4, -0.2) is 24.8 Å². The summed E-state index contributed by atoms with van der Waals surface area (Å²) in [6.45, 7) is 0.369. The van der Waals surface area contributed by atoms with Crippen molar-refractivity contribution < 1.29 is 9.47 Å². The second kappa shape index (κ2) is 9.70. The van der Waals surface area contributed by atoms with E-state index in [2.05, 4.69) is 20.9 Å². The number of nitrogens with two attached hydrogens (primary N) is 1. The van der Waals surface area contributed by atoms with Gasteiger partial charge in [-0.1, -0.05) is 45.2 Å². The first kappa shape index (κ1) is 19.6. The average molecular weight is 444 g/mol. The summed E-state index contributed by atoms with van der Waals surface area (Å²) >= 11 is 15.5. The molecule has 0 amide bonds. The summed E-state index contributed by atoms with van der Waals surface area (Å²) in [7, 11) is 1.57. The number of nitrogen functional groups attached to an aromatic ring is 1. The Labute approximate surface area is 165 Å². The number of nitrogens with zero attached hydrogens (tertiary/aromatic N) is 1. The van der Waals surface area contributed by atoms with Gasteiger partial charge in [-0.15, -0.1) is 0 Å². The van der Waals surface area contributed by atoms with Crippen LogP contribution in [0.4, 0.5) is 11.4 Å². The number of methoxy groups -OCH3 is 1. The molecule has 2 N–H and O–H groups in total. The van der Waals surface area contributed by atoms with Crippen molar-refractivity contribution in [1.29, 1.82) is 0 Å². The quantitative estimate of drug-likeness (QED) is 0.259. The zero-order chi connectivity index (χ0) is 18.2. The summed E-state index contributed by atoms with van der Waals surface area (Å²) in [6, 6.07) is 10.5. The largest absolute Gasteiger partial charge is 0.495 e. The highest BCUT2D eigenvalue weighted by atomic mass is 79.9. The van der Waals surface area contributed by atoms with Gasteiger partial charge < -0.3 is 15.2 Å². The van der Waals surface area contributed by atoms with Gasteiger partial charge in [0, 0.05) is 24.0 Å². The van der Waals surface area contributed by atoms with E-state index in [-0.39, 0.29) is 4.83 Å². The van der Waals surface area contributed by atoms with Crippen LogP contribution < -0.4 is 15.2 Å². The van der Waals surface area contributed by atoms with E-state index in [1.165, 1.54) is 0 Å². The third-order valence-electron chi connectivity index (χ3n) is 3.11. The van der Waals surface area contributed by atoms with Gasteiger partial charge in [-0.25, -0.2) is 0 Å². The molecule has 4 nitrogen and oxygen atoms in total. The van der Waals surface area contributed by atoms with Crippen molar-refractivity contribution in [2.75, 3.05) is 19.5 Å². The van der Waals surface area contributed by atoms with Gasteiger partial charge in [0.2, 0.25) is 0 Å². The summed E-state index contributed by atoms with van der Waals surface area (Å²) in [6.07, 6.45) is 5.54. The highest BCUT2D eigenvalue weighted by Gasteiger charge is 2.02. The van der Waals surface area contributed by atoms with E-state index in [4.69, 9.17) is 38.4 Å². The normalized spacial score (nSPS) is 12.6. The predicted molar refractivity (Wildman–Crippen MR) is 109 cm³/mol. The summed E-state index contributed by atoms with van der Waals surface area (Å²) in [5.41, 5.74) is 7.06. The van der Waals surface area contributed by atoms with Crippen molar-refractivity contribution in [3.05, 3.63) is 58.6 Å². The molecule has 132 valence electrons. The molecule has 25 heavy (non-hydrogen) atoms. The minimum atomic E-state index is -0.0471. The van der Waals surface area contributed by atoms with E-state index in [1.54, 1.807) is 43.7 Å². The molecule has 0 aliphatic heterocycles. The first-order chi connectivity index (χ1) is 12.0. The number of benzene rings is 2. The fraction of sp³-hybridized carbons (Fsp3) is 0.167. The van der Waals surface area contributed by atoms with Crippen molar-refractivity contribution in [2.24, 2.45) is 4.99 Å². The third-order valence-corrected chi connectivity index (χ3v) is 4.28. The summed E-state index contributed by atoms with van der Waals surface area (Å²) in [5.74, 6) is 1.14. The van der Waals surface area contributed by atoms with Crippen molar-refractivity contribution >= 4 is 56.7 Å². The maximum absolute atomic E-state index is 6.04. The minimum Gasteiger partial charge on any atom is -0.495 e. The zero-order valence-corrected chi connectivity index (χ0v) is 16.6. The molecule has 0 bridgehead atoms. The summed E-state index contributed by atoms with van der Waals surface area (Å²) < 4.78 is 10.7. The van der Waals surface area contributed by atoms with Crippen LogP contribution >= 0.6 is 39.1 Å². The van der Waals surface area contributed by atoms with E-state index in [0.29, 0.717) is 33.8 Å². The number of rotatable bonds is 7. The highest BCUT2D eigenvalue weighted by molar-refractivity contribution is 9.10.